The molecule has 32 heavy (non-hydrogen) atoms. The molecule has 1 amide bonds. The third-order valence-electron chi connectivity index (χ3n) is 5.14. The molecule has 1 unspecified atom stereocenters. The van der Waals surface area contributed by atoms with Gasteiger partial charge in [0.05, 0.1) is 16.3 Å². The van der Waals surface area contributed by atoms with Crippen LogP contribution < -0.4 is 20.1 Å². The van der Waals surface area contributed by atoms with Gasteiger partial charge in [-0.15, -0.1) is 22.7 Å². The molecule has 1 atom stereocenters. The topological polar surface area (TPSA) is 84.1 Å². The van der Waals surface area contributed by atoms with Gasteiger partial charge in [-0.1, -0.05) is 0 Å². The van der Waals surface area contributed by atoms with E-state index in [1.807, 2.05) is 24.4 Å². The number of hydrogen-bond acceptors (Lipinski definition) is 6. The molecule has 1 aliphatic heterocycles. The molecule has 6 nitrogen and oxygen atoms in total. The van der Waals surface area contributed by atoms with Gasteiger partial charge in [0.25, 0.3) is 11.5 Å². The van der Waals surface area contributed by atoms with E-state index in [0.717, 1.165) is 34.6 Å². The molecule has 0 bridgehead atoms. The van der Waals surface area contributed by atoms with E-state index in [0.29, 0.717) is 23.4 Å². The number of nitriles is 1. The maximum Gasteiger partial charge on any atom is 0.273 e. The first-order chi connectivity index (χ1) is 15.5. The number of nitrogens with one attached hydrogen (secondary N) is 1. The molecule has 0 aliphatic carbocycles. The summed E-state index contributed by atoms with van der Waals surface area (Å²) in [5.74, 6) is -1.02. The lowest BCUT2D eigenvalue weighted by atomic mass is 10.2. The number of hydrogen-bond donors (Lipinski definition) is 1. The normalized spacial score (nSPS) is 17.3. The highest BCUT2D eigenvalue weighted by Crippen LogP contribution is 2.16. The monoisotopic (exact) mass is 469 g/mol. The van der Waals surface area contributed by atoms with Gasteiger partial charge in [0, 0.05) is 18.0 Å². The van der Waals surface area contributed by atoms with Crippen molar-refractivity contribution >= 4 is 40.2 Å². The first kappa shape index (κ1) is 22.1. The highest BCUT2D eigenvalue weighted by Gasteiger charge is 2.20. The Hall–Kier alpha value is -3.06. The molecule has 1 aromatic carbocycles. The predicted molar refractivity (Wildman–Crippen MR) is 123 cm³/mol. The number of benzene rings is 1. The van der Waals surface area contributed by atoms with Gasteiger partial charge in [-0.25, -0.2) is 4.39 Å². The number of halogens is 1. The largest absolute Gasteiger partial charge is 0.376 e. The molecule has 0 saturated carbocycles. The Morgan fingerprint density at radius 3 is 2.78 bits per heavy atom. The van der Waals surface area contributed by atoms with E-state index in [4.69, 9.17) is 4.74 Å². The van der Waals surface area contributed by atoms with E-state index in [1.165, 1.54) is 40.2 Å². The number of carbonyl (C=O) groups is 1. The number of rotatable bonds is 5. The van der Waals surface area contributed by atoms with Gasteiger partial charge in [0.15, 0.2) is 5.57 Å². The zero-order valence-electron chi connectivity index (χ0n) is 17.3. The van der Waals surface area contributed by atoms with Crippen molar-refractivity contribution in [3.8, 4) is 11.8 Å². The van der Waals surface area contributed by atoms with Crippen LogP contribution in [-0.4, -0.2) is 29.7 Å². The molecule has 1 aliphatic rings. The molecule has 0 spiro atoms. The minimum absolute atomic E-state index is 0.0766. The van der Waals surface area contributed by atoms with Crippen molar-refractivity contribution in [3.05, 3.63) is 71.5 Å². The van der Waals surface area contributed by atoms with Crippen molar-refractivity contribution in [1.29, 1.82) is 5.26 Å². The number of amides is 1. The molecule has 164 valence electrons. The molecule has 1 saturated heterocycles. The Kier molecular flexibility index (Phi) is 6.65. The van der Waals surface area contributed by atoms with E-state index in [1.54, 1.807) is 6.08 Å². The fourth-order valence-electron chi connectivity index (χ4n) is 3.42. The molecule has 3 heterocycles. The number of aromatic nitrogens is 1. The minimum atomic E-state index is -0.570. The molecule has 1 N–H and O–H groups in total. The Balaban J connectivity index is 1.87. The average molecular weight is 470 g/mol. The second-order valence-corrected chi connectivity index (χ2v) is 9.31. The highest BCUT2D eigenvalue weighted by atomic mass is 32.1. The summed E-state index contributed by atoms with van der Waals surface area (Å²) in [4.78, 5) is 27.1. The number of ether oxygens (including phenoxy) is 1. The first-order valence-corrected chi connectivity index (χ1v) is 11.8. The van der Waals surface area contributed by atoms with Crippen molar-refractivity contribution in [2.45, 2.75) is 25.9 Å². The van der Waals surface area contributed by atoms with Crippen molar-refractivity contribution < 1.29 is 13.9 Å². The second-order valence-electron chi connectivity index (χ2n) is 7.33. The molecule has 1 fully saturated rings. The fraction of sp³-hybridized carbons (Fsp3) is 0.261. The molecule has 0 radical (unpaired) electrons. The van der Waals surface area contributed by atoms with E-state index in [-0.39, 0.29) is 21.9 Å². The van der Waals surface area contributed by atoms with E-state index in [9.17, 15) is 19.2 Å². The van der Waals surface area contributed by atoms with E-state index < -0.39 is 11.7 Å². The summed E-state index contributed by atoms with van der Waals surface area (Å²) in [5, 5.41) is 14.5. The zero-order chi connectivity index (χ0) is 22.7. The lowest BCUT2D eigenvalue weighted by Gasteiger charge is -2.10. The Bertz CT molecular complexity index is 1360. The number of thiophene rings is 1. The SMILES string of the molecule is Cc1ccsc1/C=c1\s/c(=C(/C#N)C(=O)NCC2CCCO2)n(-c2ccc(F)cc2)c1=O. The van der Waals surface area contributed by atoms with Crippen molar-refractivity contribution in [3.63, 3.8) is 0 Å². The first-order valence-electron chi connectivity index (χ1n) is 10.1. The quantitative estimate of drug-likeness (QED) is 0.621. The lowest BCUT2D eigenvalue weighted by molar-refractivity contribution is -0.116. The van der Waals surface area contributed by atoms with E-state index in [2.05, 4.69) is 5.32 Å². The Morgan fingerprint density at radius 1 is 1.38 bits per heavy atom. The van der Waals surface area contributed by atoms with Gasteiger partial charge in [-0.05, 0) is 67.1 Å². The van der Waals surface area contributed by atoms with Gasteiger partial charge in [-0.2, -0.15) is 5.26 Å². The van der Waals surface area contributed by atoms with Crippen LogP contribution in [0.5, 0.6) is 0 Å². The summed E-state index contributed by atoms with van der Waals surface area (Å²) in [6, 6.07) is 9.28. The predicted octanol–water partition coefficient (Wildman–Crippen LogP) is 2.21. The molecule has 9 heteroatoms. The van der Waals surface area contributed by atoms with Crippen molar-refractivity contribution in [2.24, 2.45) is 0 Å². The molecule has 3 aromatic rings. The van der Waals surface area contributed by atoms with Crippen molar-refractivity contribution in [1.82, 2.24) is 9.88 Å². The van der Waals surface area contributed by atoms with Crippen LogP contribution in [0, 0.1) is 24.1 Å². The smallest absolute Gasteiger partial charge is 0.273 e. The van der Waals surface area contributed by atoms with Crippen LogP contribution in [0.25, 0.3) is 17.3 Å². The molecule has 2 aromatic heterocycles. The zero-order valence-corrected chi connectivity index (χ0v) is 18.9. The van der Waals surface area contributed by atoms with Crippen LogP contribution in [0.1, 0.15) is 23.3 Å². The Morgan fingerprint density at radius 2 is 2.16 bits per heavy atom. The van der Waals surface area contributed by atoms with Crippen LogP contribution >= 0.6 is 22.7 Å². The maximum absolute atomic E-state index is 13.5. The number of thiazole rings is 1. The summed E-state index contributed by atoms with van der Waals surface area (Å²) < 4.78 is 20.9. The standard InChI is InChI=1S/C23H20FN3O3S2/c1-14-8-10-31-19(14)11-20-22(29)27(16-6-4-15(24)5-7-16)23(32-20)18(12-25)21(28)26-13-17-3-2-9-30-17/h4-8,10-11,17H,2-3,9,13H2,1H3,(H,26,28)/b20-11-,23-18-. The van der Waals surface area contributed by atoms with Gasteiger partial charge in [-0.3, -0.25) is 14.2 Å². The van der Waals surface area contributed by atoms with Gasteiger partial charge in [0.2, 0.25) is 0 Å². The molecular weight excluding hydrogens is 449 g/mol. The third-order valence-corrected chi connectivity index (χ3v) is 7.20. The molecule has 4 rings (SSSR count). The fourth-order valence-corrected chi connectivity index (χ4v) is 5.44. The van der Waals surface area contributed by atoms with Crippen LogP contribution in [0.4, 0.5) is 4.39 Å². The van der Waals surface area contributed by atoms with Crippen LogP contribution in [0.3, 0.4) is 0 Å². The summed E-state index contributed by atoms with van der Waals surface area (Å²) in [6.07, 6.45) is 3.47. The third kappa shape index (κ3) is 4.58. The lowest BCUT2D eigenvalue weighted by Crippen LogP contribution is -2.36. The maximum atomic E-state index is 13.5. The van der Waals surface area contributed by atoms with Gasteiger partial charge < -0.3 is 10.1 Å². The van der Waals surface area contributed by atoms with Gasteiger partial charge in [0.1, 0.15) is 16.5 Å². The summed E-state index contributed by atoms with van der Waals surface area (Å²) >= 11 is 2.56. The number of aryl methyl sites for hydroxylation is 1. The summed E-state index contributed by atoms with van der Waals surface area (Å²) in [6.45, 7) is 2.90. The average Bonchev–Trinajstić information content (AvgIpc) is 3.51. The highest BCUT2D eigenvalue weighted by molar-refractivity contribution is 7.11. The number of nitrogens with zero attached hydrogens (tertiary/aromatic N) is 2. The summed E-state index contributed by atoms with van der Waals surface area (Å²) in [5.41, 5.74) is 0.863. The number of carbonyl (C=O) groups excluding carboxylic acids is 1. The van der Waals surface area contributed by atoms with Crippen molar-refractivity contribution in [2.75, 3.05) is 13.2 Å². The Labute approximate surface area is 191 Å². The van der Waals surface area contributed by atoms with E-state index >= 15 is 0 Å². The van der Waals surface area contributed by atoms with Crippen LogP contribution in [0.15, 0.2) is 40.5 Å². The van der Waals surface area contributed by atoms with Crippen LogP contribution in [0.2, 0.25) is 0 Å². The summed E-state index contributed by atoms with van der Waals surface area (Å²) in [7, 11) is 0. The molecular formula is C23H20FN3O3S2. The second kappa shape index (κ2) is 9.61. The van der Waals surface area contributed by atoms with Gasteiger partial charge >= 0.3 is 0 Å². The van der Waals surface area contributed by atoms with Crippen LogP contribution in [-0.2, 0) is 9.53 Å². The minimum Gasteiger partial charge on any atom is -0.376 e.